The molecule has 0 N–H and O–H groups in total. The normalized spacial score (nSPS) is 12.1. The van der Waals surface area contributed by atoms with E-state index < -0.39 is 0 Å². The number of benzene rings is 10. The molecule has 2 heterocycles. The van der Waals surface area contributed by atoms with Crippen LogP contribution in [0.15, 0.2) is 186 Å². The minimum absolute atomic E-state index is 0.934. The number of thiophene rings is 1. The molecule has 0 aliphatic heterocycles. The number of fused-ring (bicyclic) bond motifs is 12. The average Bonchev–Trinajstić information content (AvgIpc) is 3.81. The molecule has 12 aromatic rings. The van der Waals surface area contributed by atoms with Gasteiger partial charge in [-0.15, -0.1) is 11.3 Å². The van der Waals surface area contributed by atoms with Crippen LogP contribution in [0, 0.1) is 0 Å². The second-order valence-corrected chi connectivity index (χ2v) is 15.4. The van der Waals surface area contributed by atoms with E-state index in [2.05, 4.69) is 176 Å². The van der Waals surface area contributed by atoms with Crippen molar-refractivity contribution in [1.82, 2.24) is 0 Å². The summed E-state index contributed by atoms with van der Waals surface area (Å²) < 4.78 is 8.93. The Bertz CT molecular complexity index is 3440. The highest BCUT2D eigenvalue weighted by Crippen LogP contribution is 2.48. The van der Waals surface area contributed by atoms with Crippen LogP contribution in [0.2, 0.25) is 0 Å². The zero-order valence-electron chi connectivity index (χ0n) is 29.1. The van der Waals surface area contributed by atoms with Crippen molar-refractivity contribution >= 4 is 96.5 Å². The van der Waals surface area contributed by atoms with Gasteiger partial charge in [0.15, 0.2) is 0 Å². The highest BCUT2D eigenvalue weighted by molar-refractivity contribution is 7.26. The van der Waals surface area contributed by atoms with Gasteiger partial charge in [-0.2, -0.15) is 0 Å². The fourth-order valence-electron chi connectivity index (χ4n) is 9.13. The second kappa shape index (κ2) is 11.4. The number of hydrogen-bond donors (Lipinski definition) is 0. The Morgan fingerprint density at radius 3 is 1.67 bits per heavy atom. The molecule has 0 spiro atoms. The quantitative estimate of drug-likeness (QED) is 0.167. The molecule has 54 heavy (non-hydrogen) atoms. The van der Waals surface area contributed by atoms with Crippen LogP contribution in [0.5, 0.6) is 0 Å². The molecule has 2 aromatic heterocycles. The van der Waals surface area contributed by atoms with Crippen molar-refractivity contribution in [3.63, 3.8) is 0 Å². The van der Waals surface area contributed by atoms with E-state index in [9.17, 15) is 0 Å². The summed E-state index contributed by atoms with van der Waals surface area (Å²) in [4.78, 5) is 0. The van der Waals surface area contributed by atoms with Gasteiger partial charge in [0.05, 0.1) is 0 Å². The van der Waals surface area contributed by atoms with Gasteiger partial charge in [-0.3, -0.25) is 0 Å². The zero-order chi connectivity index (χ0) is 35.3. The van der Waals surface area contributed by atoms with Gasteiger partial charge in [-0.05, 0) is 95.3 Å². The van der Waals surface area contributed by atoms with Gasteiger partial charge in [0, 0.05) is 36.3 Å². The number of rotatable bonds is 3. The molecule has 250 valence electrons. The summed E-state index contributed by atoms with van der Waals surface area (Å²) in [5.74, 6) is 0. The highest BCUT2D eigenvalue weighted by Gasteiger charge is 2.20. The smallest absolute Gasteiger partial charge is 0.136 e. The molecule has 0 saturated heterocycles. The van der Waals surface area contributed by atoms with Gasteiger partial charge in [-0.1, -0.05) is 158 Å². The van der Waals surface area contributed by atoms with E-state index in [4.69, 9.17) is 4.42 Å². The number of hydrogen-bond acceptors (Lipinski definition) is 2. The molecule has 1 nitrogen and oxygen atoms in total. The first kappa shape index (κ1) is 29.8. The lowest BCUT2D eigenvalue weighted by atomic mass is 9.84. The van der Waals surface area contributed by atoms with Crippen LogP contribution in [-0.4, -0.2) is 0 Å². The summed E-state index contributed by atoms with van der Waals surface area (Å²) in [6.45, 7) is 0. The van der Waals surface area contributed by atoms with Crippen molar-refractivity contribution in [2.45, 2.75) is 0 Å². The fourth-order valence-corrected chi connectivity index (χ4v) is 10.4. The summed E-state index contributed by atoms with van der Waals surface area (Å²) in [6, 6.07) is 66.7. The van der Waals surface area contributed by atoms with E-state index >= 15 is 0 Å². The average molecular weight is 703 g/mol. The molecular formula is C52H30OS. The molecule has 0 unspecified atom stereocenters. The largest absolute Gasteiger partial charge is 0.456 e. The molecule has 2 heteroatoms. The molecule has 0 aliphatic rings. The maximum atomic E-state index is 6.32. The molecule has 0 atom stereocenters. The predicted molar refractivity (Wildman–Crippen MR) is 233 cm³/mol. The summed E-state index contributed by atoms with van der Waals surface area (Å²) in [7, 11) is 0. The van der Waals surface area contributed by atoms with Crippen molar-refractivity contribution < 1.29 is 4.42 Å². The first-order chi connectivity index (χ1) is 26.8. The third kappa shape index (κ3) is 4.20. The zero-order valence-corrected chi connectivity index (χ0v) is 30.0. The molecule has 0 aliphatic carbocycles. The maximum Gasteiger partial charge on any atom is 0.136 e. The van der Waals surface area contributed by atoms with Gasteiger partial charge in [-0.25, -0.2) is 0 Å². The topological polar surface area (TPSA) is 13.1 Å². The lowest BCUT2D eigenvalue weighted by molar-refractivity contribution is 0.669. The molecule has 0 fully saturated rings. The van der Waals surface area contributed by atoms with Crippen LogP contribution < -0.4 is 0 Å². The van der Waals surface area contributed by atoms with Crippen LogP contribution in [0.25, 0.3) is 119 Å². The van der Waals surface area contributed by atoms with Crippen LogP contribution in [-0.2, 0) is 0 Å². The van der Waals surface area contributed by atoms with Crippen LogP contribution in [0.4, 0.5) is 0 Å². The lowest BCUT2D eigenvalue weighted by Gasteiger charge is -2.19. The first-order valence-corrected chi connectivity index (χ1v) is 19.3. The van der Waals surface area contributed by atoms with E-state index in [0.29, 0.717) is 0 Å². The van der Waals surface area contributed by atoms with Crippen LogP contribution >= 0.6 is 11.3 Å². The summed E-state index contributed by atoms with van der Waals surface area (Å²) in [6.07, 6.45) is 0. The highest BCUT2D eigenvalue weighted by atomic mass is 32.1. The van der Waals surface area contributed by atoms with Crippen molar-refractivity contribution in [3.05, 3.63) is 182 Å². The summed E-state index contributed by atoms with van der Waals surface area (Å²) in [5.41, 5.74) is 9.42. The van der Waals surface area contributed by atoms with Crippen molar-refractivity contribution in [3.8, 4) is 33.4 Å². The Labute approximate surface area is 314 Å². The van der Waals surface area contributed by atoms with E-state index in [0.717, 1.165) is 11.2 Å². The van der Waals surface area contributed by atoms with E-state index in [-0.39, 0.29) is 0 Å². The summed E-state index contributed by atoms with van der Waals surface area (Å²) in [5, 5.41) is 15.1. The van der Waals surface area contributed by atoms with Gasteiger partial charge >= 0.3 is 0 Å². The Kier molecular flexibility index (Phi) is 6.28. The fraction of sp³-hybridized carbons (Fsp3) is 0. The van der Waals surface area contributed by atoms with Crippen LogP contribution in [0.1, 0.15) is 0 Å². The SMILES string of the molecule is c1ccc(-c2c3ccccc3c(-c3ccc(-c4ccc5sc6c(ccc7ccc8oc9ccccc9c8c76)c5c4)c4ccccc34)c3ccccc23)cc1. The Balaban J connectivity index is 1.09. The molecule has 10 aromatic carbocycles. The minimum Gasteiger partial charge on any atom is -0.456 e. The summed E-state index contributed by atoms with van der Waals surface area (Å²) >= 11 is 1.89. The molecule has 0 bridgehead atoms. The van der Waals surface area contributed by atoms with Crippen molar-refractivity contribution in [2.24, 2.45) is 0 Å². The van der Waals surface area contributed by atoms with Crippen molar-refractivity contribution in [1.29, 1.82) is 0 Å². The van der Waals surface area contributed by atoms with Crippen LogP contribution in [0.3, 0.4) is 0 Å². The monoisotopic (exact) mass is 702 g/mol. The lowest BCUT2D eigenvalue weighted by Crippen LogP contribution is -1.92. The van der Waals surface area contributed by atoms with Gasteiger partial charge in [0.25, 0.3) is 0 Å². The van der Waals surface area contributed by atoms with Gasteiger partial charge in [0.1, 0.15) is 11.2 Å². The van der Waals surface area contributed by atoms with E-state index in [1.165, 1.54) is 107 Å². The van der Waals surface area contributed by atoms with Crippen molar-refractivity contribution in [2.75, 3.05) is 0 Å². The Morgan fingerprint density at radius 1 is 0.333 bits per heavy atom. The molecule has 0 radical (unpaired) electrons. The standard InChI is InChI=1S/C52H30OS/c1-2-12-31(13-3-1)48-37-16-6-8-18-39(37)50(40-19-9-7-17-38(40)48)41-27-26-34(35-14-4-5-15-36(35)41)33-24-29-47-44(30-33)42-25-22-32-23-28-46-51(49(32)52(42)54-47)43-20-10-11-21-45(43)53-46/h1-30H. The van der Waals surface area contributed by atoms with E-state index in [1.807, 2.05) is 17.4 Å². The first-order valence-electron chi connectivity index (χ1n) is 18.5. The second-order valence-electron chi connectivity index (χ2n) is 14.3. The van der Waals surface area contributed by atoms with Gasteiger partial charge in [0.2, 0.25) is 0 Å². The molecule has 12 rings (SSSR count). The third-order valence-electron chi connectivity index (χ3n) is 11.5. The molecule has 0 saturated carbocycles. The molecule has 0 amide bonds. The molecular weight excluding hydrogens is 673 g/mol. The van der Waals surface area contributed by atoms with E-state index in [1.54, 1.807) is 0 Å². The number of furan rings is 1. The third-order valence-corrected chi connectivity index (χ3v) is 12.7. The van der Waals surface area contributed by atoms with Gasteiger partial charge < -0.3 is 4.42 Å². The maximum absolute atomic E-state index is 6.32. The minimum atomic E-state index is 0.934. The Hall–Kier alpha value is -6.74. The predicted octanol–water partition coefficient (Wildman–Crippen LogP) is 15.6. The Morgan fingerprint density at radius 2 is 0.926 bits per heavy atom. The number of para-hydroxylation sites is 1.